The van der Waals surface area contributed by atoms with Crippen LogP contribution in [0.4, 0.5) is 4.70 Å². The number of hydrogen-bond donors (Lipinski definition) is 2. The second-order valence-electron chi connectivity index (χ2n) is 2.36. The SMILES string of the molecule is F.OCc1nc2ccccc2[nH]1. The van der Waals surface area contributed by atoms with Crippen LogP contribution >= 0.6 is 0 Å². The first-order valence-corrected chi connectivity index (χ1v) is 3.44. The van der Waals surface area contributed by atoms with Crippen LogP contribution in [-0.4, -0.2) is 15.1 Å². The number of imidazole rings is 1. The van der Waals surface area contributed by atoms with Crippen molar-refractivity contribution >= 4 is 11.0 Å². The molecule has 0 spiro atoms. The molecular formula is C8H9FN2O. The average molecular weight is 168 g/mol. The first-order valence-electron chi connectivity index (χ1n) is 3.44. The molecule has 0 aliphatic carbocycles. The average Bonchev–Trinajstić information content (AvgIpc) is 2.46. The van der Waals surface area contributed by atoms with Crippen LogP contribution in [-0.2, 0) is 6.61 Å². The summed E-state index contributed by atoms with van der Waals surface area (Å²) in [6, 6.07) is 7.69. The van der Waals surface area contributed by atoms with Gasteiger partial charge in [-0.1, -0.05) is 12.1 Å². The standard InChI is InChI=1S/C8H8N2O.FH/c11-5-8-9-6-3-1-2-4-7(6)10-8;/h1-4,11H,5H2,(H,9,10);1H. The van der Waals surface area contributed by atoms with Crippen molar-refractivity contribution < 1.29 is 9.81 Å². The van der Waals surface area contributed by atoms with E-state index in [0.717, 1.165) is 11.0 Å². The summed E-state index contributed by atoms with van der Waals surface area (Å²) in [6.07, 6.45) is 0. The molecule has 0 unspecified atom stereocenters. The Kier molecular flexibility index (Phi) is 2.40. The van der Waals surface area contributed by atoms with Gasteiger partial charge >= 0.3 is 0 Å². The van der Waals surface area contributed by atoms with Crippen LogP contribution in [0, 0.1) is 0 Å². The third-order valence-corrected chi connectivity index (χ3v) is 1.59. The Bertz CT molecular complexity index is 339. The van der Waals surface area contributed by atoms with Crippen molar-refractivity contribution in [3.63, 3.8) is 0 Å². The van der Waals surface area contributed by atoms with E-state index in [-0.39, 0.29) is 11.3 Å². The van der Waals surface area contributed by atoms with E-state index in [9.17, 15) is 0 Å². The molecule has 64 valence electrons. The zero-order valence-electron chi connectivity index (χ0n) is 6.32. The Labute approximate surface area is 68.4 Å². The highest BCUT2D eigenvalue weighted by atomic mass is 19.0. The van der Waals surface area contributed by atoms with E-state index in [1.54, 1.807) is 0 Å². The number of aromatic nitrogens is 2. The molecule has 0 saturated heterocycles. The Morgan fingerprint density at radius 3 is 2.75 bits per heavy atom. The van der Waals surface area contributed by atoms with Gasteiger partial charge in [0.05, 0.1) is 11.0 Å². The van der Waals surface area contributed by atoms with Gasteiger partial charge in [0.2, 0.25) is 0 Å². The number of nitrogens with one attached hydrogen (secondary N) is 1. The molecule has 0 atom stereocenters. The van der Waals surface area contributed by atoms with Crippen molar-refractivity contribution in [2.24, 2.45) is 0 Å². The van der Waals surface area contributed by atoms with Gasteiger partial charge in [0.25, 0.3) is 0 Å². The molecule has 12 heavy (non-hydrogen) atoms. The smallest absolute Gasteiger partial charge is 0.133 e. The summed E-state index contributed by atoms with van der Waals surface area (Å²) in [6.45, 7) is -0.0331. The molecule has 0 fully saturated rings. The van der Waals surface area contributed by atoms with Gasteiger partial charge in [0.15, 0.2) is 0 Å². The molecule has 2 N–H and O–H groups in total. The Hall–Kier alpha value is -1.42. The number of hydrogen-bond acceptors (Lipinski definition) is 2. The number of aromatic amines is 1. The minimum Gasteiger partial charge on any atom is -0.388 e. The first-order chi connectivity index (χ1) is 5.40. The molecule has 0 aliphatic heterocycles. The topological polar surface area (TPSA) is 48.9 Å². The van der Waals surface area contributed by atoms with Crippen molar-refractivity contribution in [1.82, 2.24) is 9.97 Å². The zero-order chi connectivity index (χ0) is 7.68. The van der Waals surface area contributed by atoms with Gasteiger partial charge in [0, 0.05) is 0 Å². The fourth-order valence-corrected chi connectivity index (χ4v) is 1.08. The van der Waals surface area contributed by atoms with Gasteiger partial charge in [-0.3, -0.25) is 4.70 Å². The van der Waals surface area contributed by atoms with Crippen molar-refractivity contribution in [1.29, 1.82) is 0 Å². The molecule has 3 nitrogen and oxygen atoms in total. The molecule has 1 heterocycles. The monoisotopic (exact) mass is 168 g/mol. The summed E-state index contributed by atoms with van der Waals surface area (Å²) in [5.41, 5.74) is 1.87. The molecule has 0 amide bonds. The minimum absolute atomic E-state index is 0. The predicted molar refractivity (Wildman–Crippen MR) is 44.5 cm³/mol. The van der Waals surface area contributed by atoms with Crippen molar-refractivity contribution in [3.8, 4) is 0 Å². The Morgan fingerprint density at radius 2 is 2.08 bits per heavy atom. The Balaban J connectivity index is 0.000000720. The second-order valence-corrected chi connectivity index (χ2v) is 2.36. The molecule has 0 saturated carbocycles. The number of halogens is 1. The van der Waals surface area contributed by atoms with Crippen molar-refractivity contribution in [2.45, 2.75) is 6.61 Å². The highest BCUT2D eigenvalue weighted by molar-refractivity contribution is 5.74. The van der Waals surface area contributed by atoms with Crippen molar-refractivity contribution in [3.05, 3.63) is 30.1 Å². The maximum absolute atomic E-state index is 8.74. The Morgan fingerprint density at radius 1 is 1.33 bits per heavy atom. The fourth-order valence-electron chi connectivity index (χ4n) is 1.08. The van der Waals surface area contributed by atoms with Gasteiger partial charge in [-0.05, 0) is 12.1 Å². The molecule has 2 rings (SSSR count). The molecule has 1 aromatic carbocycles. The van der Waals surface area contributed by atoms with Crippen LogP contribution in [0.3, 0.4) is 0 Å². The van der Waals surface area contributed by atoms with Gasteiger partial charge < -0.3 is 10.1 Å². The molecule has 4 heteroatoms. The number of aliphatic hydroxyl groups excluding tert-OH is 1. The van der Waals surface area contributed by atoms with E-state index in [4.69, 9.17) is 5.11 Å². The van der Waals surface area contributed by atoms with Crippen LogP contribution in [0.5, 0.6) is 0 Å². The molecule has 1 aromatic heterocycles. The molecule has 0 aliphatic rings. The molecule has 0 radical (unpaired) electrons. The summed E-state index contributed by atoms with van der Waals surface area (Å²) in [5.74, 6) is 0.617. The van der Waals surface area contributed by atoms with Gasteiger partial charge in [-0.25, -0.2) is 4.98 Å². The third kappa shape index (κ3) is 1.29. The number of para-hydroxylation sites is 2. The lowest BCUT2D eigenvalue weighted by atomic mass is 10.3. The van der Waals surface area contributed by atoms with E-state index in [1.165, 1.54) is 0 Å². The van der Waals surface area contributed by atoms with E-state index in [2.05, 4.69) is 9.97 Å². The maximum Gasteiger partial charge on any atom is 0.133 e. The summed E-state index contributed by atoms with van der Waals surface area (Å²) >= 11 is 0. The van der Waals surface area contributed by atoms with E-state index in [1.807, 2.05) is 24.3 Å². The van der Waals surface area contributed by atoms with E-state index in [0.29, 0.717) is 5.82 Å². The summed E-state index contributed by atoms with van der Waals surface area (Å²) in [5, 5.41) is 8.74. The van der Waals surface area contributed by atoms with Crippen LogP contribution in [0.1, 0.15) is 5.82 Å². The lowest BCUT2D eigenvalue weighted by Gasteiger charge is -1.82. The molecule has 2 aromatic rings. The van der Waals surface area contributed by atoms with E-state index < -0.39 is 0 Å². The highest BCUT2D eigenvalue weighted by Gasteiger charge is 1.97. The number of H-pyrrole nitrogens is 1. The quantitative estimate of drug-likeness (QED) is 0.672. The summed E-state index contributed by atoms with van der Waals surface area (Å²) in [4.78, 5) is 7.11. The second kappa shape index (κ2) is 3.32. The third-order valence-electron chi connectivity index (χ3n) is 1.59. The lowest BCUT2D eigenvalue weighted by Crippen LogP contribution is -1.83. The van der Waals surface area contributed by atoms with Gasteiger partial charge in [-0.15, -0.1) is 0 Å². The molecule has 0 bridgehead atoms. The largest absolute Gasteiger partial charge is 0.388 e. The van der Waals surface area contributed by atoms with Gasteiger partial charge in [0.1, 0.15) is 12.4 Å². The van der Waals surface area contributed by atoms with Crippen LogP contribution in [0.25, 0.3) is 11.0 Å². The summed E-state index contributed by atoms with van der Waals surface area (Å²) < 4.78 is 0. The number of nitrogens with zero attached hydrogens (tertiary/aromatic N) is 1. The fraction of sp³-hybridized carbons (Fsp3) is 0.125. The van der Waals surface area contributed by atoms with Crippen molar-refractivity contribution in [2.75, 3.05) is 0 Å². The zero-order valence-corrected chi connectivity index (χ0v) is 6.32. The first kappa shape index (κ1) is 8.67. The summed E-state index contributed by atoms with van der Waals surface area (Å²) in [7, 11) is 0. The number of benzene rings is 1. The van der Waals surface area contributed by atoms with Crippen LogP contribution < -0.4 is 0 Å². The number of aliphatic hydroxyl groups is 1. The highest BCUT2D eigenvalue weighted by Crippen LogP contribution is 2.09. The molecular weight excluding hydrogens is 159 g/mol. The number of fused-ring (bicyclic) bond motifs is 1. The van der Waals surface area contributed by atoms with Crippen LogP contribution in [0.2, 0.25) is 0 Å². The maximum atomic E-state index is 8.74. The van der Waals surface area contributed by atoms with Gasteiger partial charge in [-0.2, -0.15) is 0 Å². The normalized spacial score (nSPS) is 9.75. The lowest BCUT2D eigenvalue weighted by molar-refractivity contribution is 0.273. The minimum atomic E-state index is -0.0331. The van der Waals surface area contributed by atoms with Crippen LogP contribution in [0.15, 0.2) is 24.3 Å². The predicted octanol–water partition coefficient (Wildman–Crippen LogP) is 1.21. The van der Waals surface area contributed by atoms with E-state index >= 15 is 0 Å². The number of rotatable bonds is 1.